The van der Waals surface area contributed by atoms with E-state index >= 15 is 0 Å². The first-order chi connectivity index (χ1) is 16.8. The molecule has 0 fully saturated rings. The van der Waals surface area contributed by atoms with Crippen LogP contribution in [0.2, 0.25) is 0 Å². The number of benzene rings is 2. The van der Waals surface area contributed by atoms with E-state index in [1.807, 2.05) is 6.92 Å². The molecule has 0 aliphatic carbocycles. The van der Waals surface area contributed by atoms with Crippen molar-refractivity contribution in [2.24, 2.45) is 0 Å². The van der Waals surface area contributed by atoms with Gasteiger partial charge in [0.1, 0.15) is 5.75 Å². The number of aryl methyl sites for hydroxylation is 1. The van der Waals surface area contributed by atoms with Gasteiger partial charge in [-0.15, -0.1) is 0 Å². The molecule has 2 heterocycles. The third-order valence-electron chi connectivity index (χ3n) is 4.91. The van der Waals surface area contributed by atoms with E-state index in [1.165, 1.54) is 42.6 Å². The summed E-state index contributed by atoms with van der Waals surface area (Å²) in [7, 11) is -3.82. The summed E-state index contributed by atoms with van der Waals surface area (Å²) >= 11 is 0. The fraction of sp³-hybridized carbons (Fsp3) is 0.130. The second-order valence-electron chi connectivity index (χ2n) is 7.34. The Hall–Kier alpha value is -4.45. The minimum atomic E-state index is -3.82. The molecule has 12 heteroatoms. The molecule has 4 rings (SSSR count). The van der Waals surface area contributed by atoms with Crippen LogP contribution in [0.25, 0.3) is 11.1 Å². The third kappa shape index (κ3) is 5.38. The summed E-state index contributed by atoms with van der Waals surface area (Å²) in [4.78, 5) is 28.8. The van der Waals surface area contributed by atoms with Crippen LogP contribution in [0.5, 0.6) is 5.75 Å². The van der Waals surface area contributed by atoms with Gasteiger partial charge in [0.15, 0.2) is 0 Å². The zero-order valence-electron chi connectivity index (χ0n) is 18.7. The molecule has 35 heavy (non-hydrogen) atoms. The topological polar surface area (TPSA) is 153 Å². The van der Waals surface area contributed by atoms with Gasteiger partial charge >= 0.3 is 0 Å². The highest BCUT2D eigenvalue weighted by atomic mass is 32.2. The van der Waals surface area contributed by atoms with Crippen LogP contribution in [0.4, 0.5) is 5.69 Å². The minimum Gasteiger partial charge on any atom is -0.494 e. The normalized spacial score (nSPS) is 11.1. The number of amides is 2. The highest BCUT2D eigenvalue weighted by Gasteiger charge is 2.16. The second kappa shape index (κ2) is 9.81. The van der Waals surface area contributed by atoms with Crippen LogP contribution in [-0.4, -0.2) is 37.0 Å². The lowest BCUT2D eigenvalue weighted by molar-refractivity contribution is 0.0846. The Kier molecular flexibility index (Phi) is 6.64. The predicted molar refractivity (Wildman–Crippen MR) is 126 cm³/mol. The zero-order valence-corrected chi connectivity index (χ0v) is 19.5. The van der Waals surface area contributed by atoms with Gasteiger partial charge in [-0.25, -0.2) is 13.4 Å². The highest BCUT2D eigenvalue weighted by Crippen LogP contribution is 2.20. The van der Waals surface area contributed by atoms with Crippen LogP contribution in [0.3, 0.4) is 0 Å². The van der Waals surface area contributed by atoms with Crippen molar-refractivity contribution in [3.05, 3.63) is 77.6 Å². The predicted octanol–water partition coefficient (Wildman–Crippen LogP) is 2.81. The lowest BCUT2D eigenvalue weighted by Gasteiger charge is -2.10. The van der Waals surface area contributed by atoms with Gasteiger partial charge in [0, 0.05) is 17.4 Å². The average molecular weight is 496 g/mol. The maximum Gasteiger partial charge on any atom is 0.271 e. The zero-order chi connectivity index (χ0) is 25.0. The van der Waals surface area contributed by atoms with Gasteiger partial charge in [-0.3, -0.25) is 25.2 Å². The molecule has 2 aromatic carbocycles. The van der Waals surface area contributed by atoms with Gasteiger partial charge in [-0.1, -0.05) is 5.16 Å². The Balaban J connectivity index is 1.36. The van der Waals surface area contributed by atoms with Crippen molar-refractivity contribution in [3.63, 3.8) is 0 Å². The summed E-state index contributed by atoms with van der Waals surface area (Å²) in [6.45, 7) is 4.03. The number of nitrogens with zero attached hydrogens (tertiary/aromatic N) is 2. The van der Waals surface area contributed by atoms with Gasteiger partial charge < -0.3 is 9.26 Å². The second-order valence-corrected chi connectivity index (χ2v) is 9.02. The Morgan fingerprint density at radius 2 is 1.63 bits per heavy atom. The number of carbonyl (C=O) groups excluding carboxylic acids is 2. The molecule has 0 radical (unpaired) electrons. The van der Waals surface area contributed by atoms with Crippen molar-refractivity contribution in [3.8, 4) is 5.75 Å². The molecule has 0 saturated heterocycles. The van der Waals surface area contributed by atoms with E-state index in [0.717, 1.165) is 0 Å². The average Bonchev–Trinajstić information content (AvgIpc) is 3.23. The number of nitrogens with one attached hydrogen (secondary N) is 3. The molecule has 0 spiro atoms. The van der Waals surface area contributed by atoms with Crippen LogP contribution in [-0.2, 0) is 10.0 Å². The molecule has 180 valence electrons. The molecule has 0 aliphatic heterocycles. The summed E-state index contributed by atoms with van der Waals surface area (Å²) in [6.07, 6.45) is 1.31. The van der Waals surface area contributed by atoms with E-state index in [0.29, 0.717) is 29.2 Å². The van der Waals surface area contributed by atoms with Gasteiger partial charge in [-0.05, 0) is 68.4 Å². The van der Waals surface area contributed by atoms with Crippen molar-refractivity contribution in [1.82, 2.24) is 21.0 Å². The van der Waals surface area contributed by atoms with E-state index in [-0.39, 0.29) is 21.7 Å². The SMILES string of the molecule is CCOc1ccc(S(=O)(=O)Nc2ccc(C(=O)NNC(=O)c3cnc4onc(C)c4c3)cc2)cc1. The van der Waals surface area contributed by atoms with E-state index in [2.05, 4.69) is 25.7 Å². The minimum absolute atomic E-state index is 0.0690. The summed E-state index contributed by atoms with van der Waals surface area (Å²) in [5, 5.41) is 4.37. The Labute approximate surface area is 200 Å². The molecular weight excluding hydrogens is 474 g/mol. The monoisotopic (exact) mass is 495 g/mol. The largest absolute Gasteiger partial charge is 0.494 e. The number of hydrazine groups is 1. The third-order valence-corrected chi connectivity index (χ3v) is 6.30. The number of hydrogen-bond acceptors (Lipinski definition) is 8. The van der Waals surface area contributed by atoms with Crippen LogP contribution in [0.1, 0.15) is 33.3 Å². The molecule has 0 bridgehead atoms. The molecule has 0 unspecified atom stereocenters. The lowest BCUT2D eigenvalue weighted by atomic mass is 10.2. The Morgan fingerprint density at radius 1 is 0.971 bits per heavy atom. The summed E-state index contributed by atoms with van der Waals surface area (Å²) < 4.78 is 38.0. The fourth-order valence-corrected chi connectivity index (χ4v) is 4.17. The van der Waals surface area contributed by atoms with Crippen molar-refractivity contribution < 1.29 is 27.3 Å². The van der Waals surface area contributed by atoms with Gasteiger partial charge in [-0.2, -0.15) is 0 Å². The van der Waals surface area contributed by atoms with E-state index < -0.39 is 21.8 Å². The first kappa shape index (κ1) is 23.7. The molecule has 3 N–H and O–H groups in total. The fourth-order valence-electron chi connectivity index (χ4n) is 3.11. The number of ether oxygens (including phenoxy) is 1. The van der Waals surface area contributed by atoms with Crippen LogP contribution in [0, 0.1) is 6.92 Å². The molecule has 2 amide bonds. The first-order valence-corrected chi connectivity index (χ1v) is 11.9. The summed E-state index contributed by atoms with van der Waals surface area (Å²) in [5.74, 6) is -0.595. The summed E-state index contributed by atoms with van der Waals surface area (Å²) in [5.41, 5.74) is 6.20. The number of carbonyl (C=O) groups is 2. The molecule has 0 atom stereocenters. The Bertz CT molecular complexity index is 1480. The summed E-state index contributed by atoms with van der Waals surface area (Å²) in [6, 6.07) is 13.3. The first-order valence-electron chi connectivity index (χ1n) is 10.5. The van der Waals surface area contributed by atoms with Crippen LogP contribution < -0.4 is 20.3 Å². The number of anilines is 1. The molecule has 11 nitrogen and oxygen atoms in total. The van der Waals surface area contributed by atoms with E-state index in [9.17, 15) is 18.0 Å². The number of sulfonamides is 1. The van der Waals surface area contributed by atoms with Crippen LogP contribution >= 0.6 is 0 Å². The number of aromatic nitrogens is 2. The van der Waals surface area contributed by atoms with Gasteiger partial charge in [0.05, 0.1) is 28.1 Å². The van der Waals surface area contributed by atoms with Crippen molar-refractivity contribution >= 4 is 38.6 Å². The van der Waals surface area contributed by atoms with Gasteiger partial charge in [0.2, 0.25) is 0 Å². The van der Waals surface area contributed by atoms with Crippen molar-refractivity contribution in [2.75, 3.05) is 11.3 Å². The lowest BCUT2D eigenvalue weighted by Crippen LogP contribution is -2.41. The van der Waals surface area contributed by atoms with Crippen molar-refractivity contribution in [1.29, 1.82) is 0 Å². The van der Waals surface area contributed by atoms with Crippen molar-refractivity contribution in [2.45, 2.75) is 18.7 Å². The molecule has 4 aromatic rings. The molecule has 0 saturated carbocycles. The molecule has 0 aliphatic rings. The van der Waals surface area contributed by atoms with Crippen LogP contribution in [0.15, 0.2) is 70.2 Å². The number of fused-ring (bicyclic) bond motifs is 1. The number of hydrogen-bond donors (Lipinski definition) is 3. The standard InChI is InChI=1S/C23H21N5O6S/c1-3-33-18-8-10-19(11-9-18)35(31,32)28-17-6-4-15(5-7-17)21(29)25-26-22(30)16-12-20-14(2)27-34-23(20)24-13-16/h4-13,28H,3H2,1-2H3,(H,25,29)(H,26,30). The number of rotatable bonds is 7. The van der Waals surface area contributed by atoms with E-state index in [4.69, 9.17) is 9.26 Å². The molecular formula is C23H21N5O6S. The van der Waals surface area contributed by atoms with E-state index in [1.54, 1.807) is 25.1 Å². The highest BCUT2D eigenvalue weighted by molar-refractivity contribution is 7.92. The van der Waals surface area contributed by atoms with Gasteiger partial charge in [0.25, 0.3) is 27.6 Å². The number of pyridine rings is 1. The maximum atomic E-state index is 12.6. The Morgan fingerprint density at radius 3 is 2.29 bits per heavy atom. The quantitative estimate of drug-likeness (QED) is 0.331. The molecule has 2 aromatic heterocycles. The maximum absolute atomic E-state index is 12.6. The smallest absolute Gasteiger partial charge is 0.271 e.